The summed E-state index contributed by atoms with van der Waals surface area (Å²) in [6, 6.07) is 10.2. The summed E-state index contributed by atoms with van der Waals surface area (Å²) >= 11 is 1.46. The lowest BCUT2D eigenvalue weighted by atomic mass is 10.1. The molecule has 1 fully saturated rings. The molecule has 0 radical (unpaired) electrons. The van der Waals surface area contributed by atoms with E-state index in [1.165, 1.54) is 17.8 Å². The molecule has 32 heavy (non-hydrogen) atoms. The van der Waals surface area contributed by atoms with Crippen molar-refractivity contribution in [1.29, 1.82) is 0 Å². The Morgan fingerprint density at radius 3 is 2.50 bits per heavy atom. The Balaban J connectivity index is 1.50. The van der Waals surface area contributed by atoms with Crippen molar-refractivity contribution in [3.63, 3.8) is 0 Å². The summed E-state index contributed by atoms with van der Waals surface area (Å²) in [4.78, 5) is 28.0. The van der Waals surface area contributed by atoms with E-state index in [9.17, 15) is 18.0 Å². The first-order valence-electron chi connectivity index (χ1n) is 10.7. The molecular weight excluding hydrogens is 446 g/mol. The van der Waals surface area contributed by atoms with Gasteiger partial charge in [-0.1, -0.05) is 6.07 Å². The van der Waals surface area contributed by atoms with Crippen LogP contribution in [0.4, 0.5) is 11.4 Å². The van der Waals surface area contributed by atoms with Crippen LogP contribution in [0.1, 0.15) is 30.4 Å². The number of benzene rings is 2. The molecule has 2 aromatic carbocycles. The Bertz CT molecular complexity index is 1140. The van der Waals surface area contributed by atoms with Crippen LogP contribution in [0.3, 0.4) is 0 Å². The van der Waals surface area contributed by atoms with Crippen LogP contribution < -0.4 is 10.0 Å². The Hall–Kier alpha value is -2.52. The Morgan fingerprint density at radius 1 is 1.12 bits per heavy atom. The number of nitrogens with zero attached hydrogens (tertiary/aromatic N) is 1. The van der Waals surface area contributed by atoms with Gasteiger partial charge < -0.3 is 10.2 Å². The molecule has 2 N–H and O–H groups in total. The highest BCUT2D eigenvalue weighted by Crippen LogP contribution is 2.35. The lowest BCUT2D eigenvalue weighted by molar-refractivity contribution is -0.133. The van der Waals surface area contributed by atoms with E-state index >= 15 is 0 Å². The van der Waals surface area contributed by atoms with Gasteiger partial charge in [-0.3, -0.25) is 14.3 Å². The highest BCUT2D eigenvalue weighted by molar-refractivity contribution is 7.99. The zero-order chi connectivity index (χ0) is 22.9. The molecular formula is C23H27N3O4S2. The summed E-state index contributed by atoms with van der Waals surface area (Å²) < 4.78 is 28.5. The number of hydrogen-bond acceptors (Lipinski definition) is 5. The number of rotatable bonds is 5. The summed E-state index contributed by atoms with van der Waals surface area (Å²) in [5, 5.41) is 2.84. The average Bonchev–Trinajstić information content (AvgIpc) is 3.20. The number of anilines is 2. The van der Waals surface area contributed by atoms with E-state index in [1.54, 1.807) is 24.3 Å². The number of nitrogens with one attached hydrogen (secondary N) is 2. The van der Waals surface area contributed by atoms with Crippen LogP contribution in [0.2, 0.25) is 0 Å². The van der Waals surface area contributed by atoms with Gasteiger partial charge in [0.15, 0.2) is 0 Å². The number of thioether (sulfide) groups is 1. The maximum absolute atomic E-state index is 13.0. The maximum atomic E-state index is 13.0. The number of likely N-dealkylation sites (tertiary alicyclic amines) is 1. The Kier molecular flexibility index (Phi) is 6.48. The maximum Gasteiger partial charge on any atom is 0.261 e. The zero-order valence-electron chi connectivity index (χ0n) is 18.2. The second-order valence-electron chi connectivity index (χ2n) is 8.43. The fourth-order valence-electron chi connectivity index (χ4n) is 4.11. The molecule has 2 aromatic rings. The molecule has 2 aliphatic rings. The third kappa shape index (κ3) is 5.10. The fourth-order valence-corrected chi connectivity index (χ4v) is 6.25. The predicted molar refractivity (Wildman–Crippen MR) is 126 cm³/mol. The molecule has 4 rings (SSSR count). The van der Waals surface area contributed by atoms with Crippen LogP contribution >= 0.6 is 11.8 Å². The molecule has 1 atom stereocenters. The van der Waals surface area contributed by atoms with Crippen molar-refractivity contribution in [2.45, 2.75) is 42.9 Å². The molecule has 2 heterocycles. The summed E-state index contributed by atoms with van der Waals surface area (Å²) in [5.41, 5.74) is 2.88. The van der Waals surface area contributed by atoms with Gasteiger partial charge in [-0.05, 0) is 68.1 Å². The minimum absolute atomic E-state index is 0.00937. The fraction of sp³-hybridized carbons (Fsp3) is 0.391. The third-order valence-electron chi connectivity index (χ3n) is 5.68. The van der Waals surface area contributed by atoms with E-state index in [-0.39, 0.29) is 23.1 Å². The Labute approximate surface area is 193 Å². The summed E-state index contributed by atoms with van der Waals surface area (Å²) in [7, 11) is -3.82. The standard InChI is InChI=1S/C23H27N3O4S2/c1-15-9-16(2)11-18(10-15)25-32(29,30)19-5-6-21-20(13-19)24-23(28)17(14-31-21)12-22(27)26-7-3-4-8-26/h5-6,9-11,13,17,25H,3-4,7-8,12,14H2,1-2H3,(H,24,28)/t17-/m0/s1. The summed E-state index contributed by atoms with van der Waals surface area (Å²) in [6.07, 6.45) is 2.19. The normalized spacial score (nSPS) is 18.6. The van der Waals surface area contributed by atoms with Gasteiger partial charge in [0.2, 0.25) is 11.8 Å². The van der Waals surface area contributed by atoms with Crippen molar-refractivity contribution in [3.05, 3.63) is 47.5 Å². The van der Waals surface area contributed by atoms with E-state index in [0.29, 0.717) is 17.1 Å². The first kappa shape index (κ1) is 22.7. The number of fused-ring (bicyclic) bond motifs is 1. The summed E-state index contributed by atoms with van der Waals surface area (Å²) in [5.74, 6) is -0.213. The number of amides is 2. The Morgan fingerprint density at radius 2 is 1.81 bits per heavy atom. The summed E-state index contributed by atoms with van der Waals surface area (Å²) in [6.45, 7) is 5.33. The molecule has 2 amide bonds. The largest absolute Gasteiger partial charge is 0.343 e. The molecule has 7 nitrogen and oxygen atoms in total. The number of carbonyl (C=O) groups excluding carboxylic acids is 2. The van der Waals surface area contributed by atoms with E-state index in [2.05, 4.69) is 10.0 Å². The topological polar surface area (TPSA) is 95.6 Å². The lowest BCUT2D eigenvalue weighted by Crippen LogP contribution is -2.33. The highest BCUT2D eigenvalue weighted by Gasteiger charge is 2.30. The van der Waals surface area contributed by atoms with Crippen molar-refractivity contribution >= 4 is 45.0 Å². The van der Waals surface area contributed by atoms with Gasteiger partial charge in [0.05, 0.1) is 16.5 Å². The minimum Gasteiger partial charge on any atom is -0.343 e. The molecule has 1 saturated heterocycles. The van der Waals surface area contributed by atoms with Crippen molar-refractivity contribution in [1.82, 2.24) is 4.90 Å². The molecule has 0 spiro atoms. The lowest BCUT2D eigenvalue weighted by Gasteiger charge is -2.18. The minimum atomic E-state index is -3.82. The molecule has 0 aromatic heterocycles. The highest BCUT2D eigenvalue weighted by atomic mass is 32.2. The average molecular weight is 474 g/mol. The molecule has 0 saturated carbocycles. The van der Waals surface area contributed by atoms with Crippen molar-refractivity contribution < 1.29 is 18.0 Å². The van der Waals surface area contributed by atoms with Crippen molar-refractivity contribution in [3.8, 4) is 0 Å². The SMILES string of the molecule is Cc1cc(C)cc(NS(=O)(=O)c2ccc3c(c2)NC(=O)[C@@H](CC(=O)N2CCCC2)CS3)c1. The number of carbonyl (C=O) groups is 2. The van der Waals surface area contributed by atoms with Crippen LogP contribution in [0, 0.1) is 19.8 Å². The van der Waals surface area contributed by atoms with E-state index in [1.807, 2.05) is 24.8 Å². The van der Waals surface area contributed by atoms with Crippen molar-refractivity contribution in [2.75, 3.05) is 28.9 Å². The molecule has 0 aliphatic carbocycles. The van der Waals surface area contributed by atoms with E-state index in [0.717, 1.165) is 42.0 Å². The number of hydrogen-bond donors (Lipinski definition) is 2. The zero-order valence-corrected chi connectivity index (χ0v) is 19.8. The second kappa shape index (κ2) is 9.15. The first-order valence-corrected chi connectivity index (χ1v) is 13.1. The monoisotopic (exact) mass is 473 g/mol. The van der Waals surface area contributed by atoms with Gasteiger partial charge >= 0.3 is 0 Å². The predicted octanol–water partition coefficient (Wildman–Crippen LogP) is 3.78. The smallest absolute Gasteiger partial charge is 0.261 e. The number of aryl methyl sites for hydroxylation is 2. The van der Waals surface area contributed by atoms with Crippen LogP contribution in [-0.4, -0.2) is 44.0 Å². The van der Waals surface area contributed by atoms with Crippen molar-refractivity contribution in [2.24, 2.45) is 5.92 Å². The van der Waals surface area contributed by atoms with Crippen LogP contribution in [0.25, 0.3) is 0 Å². The third-order valence-corrected chi connectivity index (χ3v) is 8.30. The van der Waals surface area contributed by atoms with Crippen LogP contribution in [0.5, 0.6) is 0 Å². The van der Waals surface area contributed by atoms with Crippen LogP contribution in [-0.2, 0) is 19.6 Å². The van der Waals surface area contributed by atoms with Crippen LogP contribution in [0.15, 0.2) is 46.2 Å². The first-order chi connectivity index (χ1) is 15.2. The van der Waals surface area contributed by atoms with E-state index < -0.39 is 15.9 Å². The van der Waals surface area contributed by atoms with Gasteiger partial charge in [-0.15, -0.1) is 11.8 Å². The van der Waals surface area contributed by atoms with Gasteiger partial charge in [0.25, 0.3) is 10.0 Å². The van der Waals surface area contributed by atoms with Gasteiger partial charge in [-0.25, -0.2) is 8.42 Å². The van der Waals surface area contributed by atoms with Gasteiger partial charge in [-0.2, -0.15) is 0 Å². The second-order valence-corrected chi connectivity index (χ2v) is 11.2. The quantitative estimate of drug-likeness (QED) is 0.689. The molecule has 2 aliphatic heterocycles. The van der Waals surface area contributed by atoms with E-state index in [4.69, 9.17) is 0 Å². The molecule has 0 unspecified atom stereocenters. The van der Waals surface area contributed by atoms with Gasteiger partial charge in [0, 0.05) is 35.8 Å². The number of sulfonamides is 1. The molecule has 0 bridgehead atoms. The molecule has 170 valence electrons. The molecule has 9 heteroatoms. The van der Waals surface area contributed by atoms with Gasteiger partial charge in [0.1, 0.15) is 0 Å².